The summed E-state index contributed by atoms with van der Waals surface area (Å²) in [6.45, 7) is 1.72. The topological polar surface area (TPSA) is 20.3 Å². The van der Waals surface area contributed by atoms with Crippen molar-refractivity contribution in [3.05, 3.63) is 34.9 Å². The Morgan fingerprint density at radius 2 is 2.00 bits per heavy atom. The van der Waals surface area contributed by atoms with Crippen LogP contribution in [-0.4, -0.2) is 40.7 Å². The zero-order valence-corrected chi connectivity index (χ0v) is 15.8. The van der Waals surface area contributed by atoms with E-state index in [4.69, 9.17) is 11.6 Å². The van der Waals surface area contributed by atoms with E-state index in [1.807, 2.05) is 41.7 Å². The first-order chi connectivity index (χ1) is 11.2. The predicted molar refractivity (Wildman–Crippen MR) is 103 cm³/mol. The van der Waals surface area contributed by atoms with Crippen molar-refractivity contribution < 1.29 is 4.79 Å². The minimum absolute atomic E-state index is 0.322. The number of amides is 1. The molecule has 0 N–H and O–H groups in total. The summed E-state index contributed by atoms with van der Waals surface area (Å²) < 4.78 is 0. The van der Waals surface area contributed by atoms with Gasteiger partial charge in [-0.3, -0.25) is 4.79 Å². The second-order valence-electron chi connectivity index (χ2n) is 6.27. The highest BCUT2D eigenvalue weighted by Gasteiger charge is 2.24. The van der Waals surface area contributed by atoms with Crippen molar-refractivity contribution >= 4 is 41.0 Å². The van der Waals surface area contributed by atoms with Crippen LogP contribution in [0.5, 0.6) is 0 Å². The van der Waals surface area contributed by atoms with Crippen LogP contribution in [0.3, 0.4) is 0 Å². The van der Waals surface area contributed by atoms with Gasteiger partial charge in [-0.2, -0.15) is 11.8 Å². The number of carbonyl (C=O) groups is 1. The van der Waals surface area contributed by atoms with E-state index in [2.05, 4.69) is 11.0 Å². The summed E-state index contributed by atoms with van der Waals surface area (Å²) in [6.07, 6.45) is 6.26. The summed E-state index contributed by atoms with van der Waals surface area (Å²) in [5.74, 6) is 1.98. The van der Waals surface area contributed by atoms with Crippen molar-refractivity contribution in [1.82, 2.24) is 4.90 Å². The number of halogens is 1. The number of thioether (sulfide) groups is 2. The van der Waals surface area contributed by atoms with E-state index in [0.717, 1.165) is 35.5 Å². The molecule has 1 amide bonds. The summed E-state index contributed by atoms with van der Waals surface area (Å²) in [5.41, 5.74) is 1.22. The molecule has 1 aromatic carbocycles. The van der Waals surface area contributed by atoms with Gasteiger partial charge in [0.05, 0.1) is 5.75 Å². The van der Waals surface area contributed by atoms with Gasteiger partial charge in [0.25, 0.3) is 0 Å². The smallest absolute Gasteiger partial charge is 0.232 e. The highest BCUT2D eigenvalue weighted by molar-refractivity contribution is 8.00. The molecule has 1 saturated heterocycles. The number of hydrogen-bond acceptors (Lipinski definition) is 3. The van der Waals surface area contributed by atoms with Crippen molar-refractivity contribution in [3.8, 4) is 0 Å². The van der Waals surface area contributed by atoms with Crippen LogP contribution in [0.4, 0.5) is 0 Å². The number of carbonyl (C=O) groups excluding carboxylic acids is 1. The molecule has 126 valence electrons. The molecule has 0 unspecified atom stereocenters. The number of hydrogen-bond donors (Lipinski definition) is 0. The van der Waals surface area contributed by atoms with E-state index >= 15 is 0 Å². The van der Waals surface area contributed by atoms with E-state index in [0.29, 0.717) is 16.9 Å². The van der Waals surface area contributed by atoms with Gasteiger partial charge in [0, 0.05) is 34.4 Å². The van der Waals surface area contributed by atoms with Crippen LogP contribution in [0.25, 0.3) is 0 Å². The van der Waals surface area contributed by atoms with Crippen LogP contribution in [0.15, 0.2) is 24.3 Å². The first-order valence-corrected chi connectivity index (χ1v) is 11.0. The lowest BCUT2D eigenvalue weighted by Gasteiger charge is -2.21. The van der Waals surface area contributed by atoms with Crippen LogP contribution in [-0.2, 0) is 4.79 Å². The molecule has 0 bridgehead atoms. The Labute approximate surface area is 152 Å². The molecule has 0 spiro atoms. The monoisotopic (exact) mass is 369 g/mol. The predicted octanol–water partition coefficient (Wildman–Crippen LogP) is 5.02. The van der Waals surface area contributed by atoms with Gasteiger partial charge in [0.15, 0.2) is 0 Å². The lowest BCUT2D eigenvalue weighted by atomic mass is 10.1. The zero-order valence-electron chi connectivity index (χ0n) is 13.4. The highest BCUT2D eigenvalue weighted by Crippen LogP contribution is 2.38. The molecule has 2 nitrogen and oxygen atoms in total. The summed E-state index contributed by atoms with van der Waals surface area (Å²) in [7, 11) is 0. The summed E-state index contributed by atoms with van der Waals surface area (Å²) in [5, 5.41) is 1.97. The average molecular weight is 370 g/mol. The quantitative estimate of drug-likeness (QED) is 0.742. The van der Waals surface area contributed by atoms with E-state index in [1.165, 1.54) is 31.2 Å². The van der Waals surface area contributed by atoms with Crippen molar-refractivity contribution in [2.45, 2.75) is 42.6 Å². The van der Waals surface area contributed by atoms with Crippen LogP contribution in [0, 0.1) is 0 Å². The van der Waals surface area contributed by atoms with Gasteiger partial charge >= 0.3 is 0 Å². The van der Waals surface area contributed by atoms with Crippen LogP contribution < -0.4 is 0 Å². The normalized spacial score (nSPS) is 23.0. The van der Waals surface area contributed by atoms with Crippen LogP contribution in [0.1, 0.15) is 42.9 Å². The third kappa shape index (κ3) is 4.83. The largest absolute Gasteiger partial charge is 0.341 e. The molecular formula is C18H24ClNOS2. The maximum absolute atomic E-state index is 12.5. The Morgan fingerprint density at radius 1 is 1.22 bits per heavy atom. The van der Waals surface area contributed by atoms with Gasteiger partial charge in [0.2, 0.25) is 5.91 Å². The zero-order chi connectivity index (χ0) is 16.1. The molecule has 1 aromatic rings. The highest BCUT2D eigenvalue weighted by atomic mass is 35.5. The van der Waals surface area contributed by atoms with Crippen LogP contribution >= 0.6 is 35.1 Å². The molecular weight excluding hydrogens is 346 g/mol. The summed E-state index contributed by atoms with van der Waals surface area (Å²) >= 11 is 10.1. The fourth-order valence-corrected chi connectivity index (χ4v) is 6.17. The van der Waals surface area contributed by atoms with Gasteiger partial charge in [-0.25, -0.2) is 0 Å². The molecule has 23 heavy (non-hydrogen) atoms. The second kappa shape index (κ2) is 8.68. The van der Waals surface area contributed by atoms with E-state index < -0.39 is 0 Å². The lowest BCUT2D eigenvalue weighted by molar-refractivity contribution is -0.128. The van der Waals surface area contributed by atoms with Crippen molar-refractivity contribution in [3.63, 3.8) is 0 Å². The standard InChI is InChI=1S/C18H24ClNOS2/c19-16-8-4-3-7-15(16)17-9-10-20(11-12-22-17)18(21)13-23-14-5-1-2-6-14/h3-4,7-8,14,17H,1-2,5-6,9-13H2/t17-/m1/s1. The van der Waals surface area contributed by atoms with E-state index in [1.54, 1.807) is 0 Å². The van der Waals surface area contributed by atoms with Crippen molar-refractivity contribution in [1.29, 1.82) is 0 Å². The minimum atomic E-state index is 0.322. The minimum Gasteiger partial charge on any atom is -0.341 e. The van der Waals surface area contributed by atoms with Crippen molar-refractivity contribution in [2.24, 2.45) is 0 Å². The SMILES string of the molecule is O=C(CSC1CCCC1)N1CCS[C@@H](c2ccccc2Cl)CC1. The third-order valence-electron chi connectivity index (χ3n) is 4.69. The molecule has 2 fully saturated rings. The second-order valence-corrected chi connectivity index (χ2v) is 9.27. The fraction of sp³-hybridized carbons (Fsp3) is 0.611. The third-order valence-corrected chi connectivity index (χ3v) is 7.70. The fourth-order valence-electron chi connectivity index (χ4n) is 3.34. The van der Waals surface area contributed by atoms with Crippen LogP contribution in [0.2, 0.25) is 5.02 Å². The molecule has 1 saturated carbocycles. The average Bonchev–Trinajstić information content (AvgIpc) is 2.96. The summed E-state index contributed by atoms with van der Waals surface area (Å²) in [6, 6.07) is 8.11. The Kier molecular flexibility index (Phi) is 6.61. The van der Waals surface area contributed by atoms with Crippen molar-refractivity contribution in [2.75, 3.05) is 24.6 Å². The lowest BCUT2D eigenvalue weighted by Crippen LogP contribution is -2.34. The number of rotatable bonds is 4. The molecule has 1 aliphatic carbocycles. The molecule has 2 aliphatic rings. The maximum Gasteiger partial charge on any atom is 0.232 e. The Morgan fingerprint density at radius 3 is 2.78 bits per heavy atom. The molecule has 0 aromatic heterocycles. The van der Waals surface area contributed by atoms with Gasteiger partial charge in [-0.1, -0.05) is 42.6 Å². The molecule has 5 heteroatoms. The van der Waals surface area contributed by atoms with E-state index in [9.17, 15) is 4.79 Å². The Hall–Kier alpha value is -0.320. The summed E-state index contributed by atoms with van der Waals surface area (Å²) in [4.78, 5) is 14.5. The van der Waals surface area contributed by atoms with Gasteiger partial charge < -0.3 is 4.90 Å². The first-order valence-electron chi connectivity index (χ1n) is 8.49. The molecule has 3 rings (SSSR count). The van der Waals surface area contributed by atoms with Gasteiger partial charge in [-0.15, -0.1) is 11.8 Å². The maximum atomic E-state index is 12.5. The Balaban J connectivity index is 1.51. The number of benzene rings is 1. The Bertz CT molecular complexity index is 534. The molecule has 0 radical (unpaired) electrons. The van der Waals surface area contributed by atoms with Gasteiger partial charge in [-0.05, 0) is 30.9 Å². The van der Waals surface area contributed by atoms with E-state index in [-0.39, 0.29) is 0 Å². The first kappa shape index (κ1) is 17.5. The van der Waals surface area contributed by atoms with Gasteiger partial charge in [0.1, 0.15) is 0 Å². The molecule has 1 aliphatic heterocycles. The number of nitrogens with zero attached hydrogens (tertiary/aromatic N) is 1. The molecule has 1 atom stereocenters. The molecule has 1 heterocycles.